The van der Waals surface area contributed by atoms with Gasteiger partial charge in [0.15, 0.2) is 0 Å². The lowest BCUT2D eigenvalue weighted by atomic mass is 10.1. The minimum atomic E-state index is -0.239. The largest absolute Gasteiger partial charge is 0.488 e. The monoisotopic (exact) mass is 333 g/mol. The molecule has 5 heteroatoms. The lowest BCUT2D eigenvalue weighted by Gasteiger charge is -2.18. The predicted molar refractivity (Wildman–Crippen MR) is 89.7 cm³/mol. The molecule has 1 heterocycles. The Bertz CT molecular complexity index is 784. The van der Waals surface area contributed by atoms with Crippen molar-refractivity contribution in [2.75, 3.05) is 11.9 Å². The third-order valence-electron chi connectivity index (χ3n) is 3.35. The molecule has 1 aliphatic rings. The van der Waals surface area contributed by atoms with Crippen LogP contribution < -0.4 is 10.1 Å². The highest BCUT2D eigenvalue weighted by atomic mass is 35.5. The molecule has 0 fully saturated rings. The zero-order valence-electron chi connectivity index (χ0n) is 11.8. The van der Waals surface area contributed by atoms with E-state index in [0.29, 0.717) is 27.1 Å². The van der Waals surface area contributed by atoms with Crippen molar-refractivity contribution < 1.29 is 9.53 Å². The summed E-state index contributed by atoms with van der Waals surface area (Å²) in [6.07, 6.45) is 1.78. The maximum absolute atomic E-state index is 12.3. The van der Waals surface area contributed by atoms with Gasteiger partial charge in [0, 0.05) is 10.6 Å². The zero-order valence-corrected chi connectivity index (χ0v) is 13.3. The standard InChI is InChI=1S/C17H13Cl2NO2/c1-10-2-4-15(14(19)6-10)20-17(21)12-7-11-8-13(18)3-5-16(11)22-9-12/h2-8H,9H2,1H3,(H,20,21). The molecular weight excluding hydrogens is 321 g/mol. The average molecular weight is 334 g/mol. The molecule has 0 radical (unpaired) electrons. The van der Waals surface area contributed by atoms with E-state index in [1.807, 2.05) is 13.0 Å². The summed E-state index contributed by atoms with van der Waals surface area (Å²) in [7, 11) is 0. The molecule has 2 aromatic rings. The highest BCUT2D eigenvalue weighted by Gasteiger charge is 2.18. The molecule has 0 unspecified atom stereocenters. The van der Waals surface area contributed by atoms with E-state index >= 15 is 0 Å². The van der Waals surface area contributed by atoms with E-state index in [1.54, 1.807) is 36.4 Å². The molecule has 112 valence electrons. The van der Waals surface area contributed by atoms with E-state index in [1.165, 1.54) is 0 Å². The molecule has 0 bridgehead atoms. The molecule has 2 aromatic carbocycles. The van der Waals surface area contributed by atoms with E-state index < -0.39 is 0 Å². The quantitative estimate of drug-likeness (QED) is 0.863. The van der Waals surface area contributed by atoms with Crippen molar-refractivity contribution in [1.29, 1.82) is 0 Å². The van der Waals surface area contributed by atoms with E-state index in [0.717, 1.165) is 11.1 Å². The number of rotatable bonds is 2. The molecule has 3 rings (SSSR count). The van der Waals surface area contributed by atoms with Crippen molar-refractivity contribution in [1.82, 2.24) is 0 Å². The Morgan fingerprint density at radius 1 is 1.18 bits per heavy atom. The first-order chi connectivity index (χ1) is 10.5. The van der Waals surface area contributed by atoms with Crippen molar-refractivity contribution in [3.8, 4) is 5.75 Å². The molecule has 1 aliphatic heterocycles. The molecule has 0 saturated heterocycles. The fraction of sp³-hybridized carbons (Fsp3) is 0.118. The molecule has 0 spiro atoms. The number of carbonyl (C=O) groups is 1. The topological polar surface area (TPSA) is 38.3 Å². The Morgan fingerprint density at radius 2 is 2.00 bits per heavy atom. The van der Waals surface area contributed by atoms with Crippen LogP contribution in [0.2, 0.25) is 10.0 Å². The number of anilines is 1. The second-order valence-electron chi connectivity index (χ2n) is 5.08. The van der Waals surface area contributed by atoms with E-state index in [9.17, 15) is 4.79 Å². The number of nitrogens with one attached hydrogen (secondary N) is 1. The Hall–Kier alpha value is -1.97. The Labute approximate surface area is 138 Å². The lowest BCUT2D eigenvalue weighted by molar-refractivity contribution is -0.113. The fourth-order valence-electron chi connectivity index (χ4n) is 2.20. The minimum Gasteiger partial charge on any atom is -0.488 e. The third kappa shape index (κ3) is 3.11. The number of carbonyl (C=O) groups excluding carboxylic acids is 1. The molecule has 0 atom stereocenters. The third-order valence-corrected chi connectivity index (χ3v) is 3.90. The van der Waals surface area contributed by atoms with Crippen molar-refractivity contribution in [2.45, 2.75) is 6.92 Å². The van der Waals surface area contributed by atoms with Crippen LogP contribution in [0.25, 0.3) is 6.08 Å². The zero-order chi connectivity index (χ0) is 15.7. The van der Waals surface area contributed by atoms with Gasteiger partial charge in [-0.25, -0.2) is 0 Å². The molecule has 0 aromatic heterocycles. The highest BCUT2D eigenvalue weighted by molar-refractivity contribution is 6.34. The van der Waals surface area contributed by atoms with E-state index in [4.69, 9.17) is 27.9 Å². The van der Waals surface area contributed by atoms with Gasteiger partial charge in [-0.05, 0) is 48.9 Å². The number of ether oxygens (including phenoxy) is 1. The molecule has 3 nitrogen and oxygen atoms in total. The predicted octanol–water partition coefficient (Wildman–Crippen LogP) is 4.72. The number of hydrogen-bond acceptors (Lipinski definition) is 2. The van der Waals surface area contributed by atoms with Gasteiger partial charge in [0.25, 0.3) is 5.91 Å². The first-order valence-corrected chi connectivity index (χ1v) is 7.49. The lowest BCUT2D eigenvalue weighted by Crippen LogP contribution is -2.21. The van der Waals surface area contributed by atoms with E-state index in [2.05, 4.69) is 5.32 Å². The number of aryl methyl sites for hydroxylation is 1. The van der Waals surface area contributed by atoms with Crippen molar-refractivity contribution in [3.63, 3.8) is 0 Å². The van der Waals surface area contributed by atoms with Gasteiger partial charge in [-0.15, -0.1) is 0 Å². The van der Waals surface area contributed by atoms with Crippen molar-refractivity contribution in [3.05, 3.63) is 63.1 Å². The number of hydrogen-bond donors (Lipinski definition) is 1. The molecule has 1 N–H and O–H groups in total. The van der Waals surface area contributed by atoms with Gasteiger partial charge in [-0.1, -0.05) is 29.3 Å². The smallest absolute Gasteiger partial charge is 0.255 e. The van der Waals surface area contributed by atoms with Gasteiger partial charge in [0.2, 0.25) is 0 Å². The average Bonchev–Trinajstić information content (AvgIpc) is 2.49. The van der Waals surface area contributed by atoms with Crippen LogP contribution in [0.15, 0.2) is 42.0 Å². The summed E-state index contributed by atoms with van der Waals surface area (Å²) in [5, 5.41) is 3.91. The summed E-state index contributed by atoms with van der Waals surface area (Å²) in [5.74, 6) is 0.477. The van der Waals surface area contributed by atoms with Crippen LogP contribution >= 0.6 is 23.2 Å². The maximum atomic E-state index is 12.3. The number of benzene rings is 2. The second-order valence-corrected chi connectivity index (χ2v) is 5.92. The van der Waals surface area contributed by atoms with Crippen LogP contribution in [0.5, 0.6) is 5.75 Å². The first-order valence-electron chi connectivity index (χ1n) is 6.73. The van der Waals surface area contributed by atoms with Gasteiger partial charge in [0.05, 0.1) is 16.3 Å². The van der Waals surface area contributed by atoms with Crippen LogP contribution in [-0.4, -0.2) is 12.5 Å². The minimum absolute atomic E-state index is 0.212. The summed E-state index contributed by atoms with van der Waals surface area (Å²) in [5.41, 5.74) is 2.92. The number of halogens is 2. The van der Waals surface area contributed by atoms with Gasteiger partial charge in [-0.3, -0.25) is 4.79 Å². The summed E-state index contributed by atoms with van der Waals surface area (Å²) in [6.45, 7) is 2.15. The normalized spacial score (nSPS) is 13.0. The van der Waals surface area contributed by atoms with Crippen molar-refractivity contribution >= 4 is 40.9 Å². The van der Waals surface area contributed by atoms with Gasteiger partial charge in [0.1, 0.15) is 12.4 Å². The Kier molecular flexibility index (Phi) is 4.10. The van der Waals surface area contributed by atoms with Gasteiger partial charge < -0.3 is 10.1 Å². The second kappa shape index (κ2) is 6.03. The first kappa shape index (κ1) is 14.9. The summed E-state index contributed by atoms with van der Waals surface area (Å²) >= 11 is 12.1. The maximum Gasteiger partial charge on any atom is 0.255 e. The van der Waals surface area contributed by atoms with Gasteiger partial charge in [-0.2, -0.15) is 0 Å². The van der Waals surface area contributed by atoms with Crippen LogP contribution in [0.1, 0.15) is 11.1 Å². The molecule has 0 aliphatic carbocycles. The van der Waals surface area contributed by atoms with Crippen LogP contribution in [0.3, 0.4) is 0 Å². The molecule has 0 saturated carbocycles. The van der Waals surface area contributed by atoms with E-state index in [-0.39, 0.29) is 12.5 Å². The van der Waals surface area contributed by atoms with Crippen LogP contribution in [0.4, 0.5) is 5.69 Å². The molecule has 1 amide bonds. The van der Waals surface area contributed by atoms with Gasteiger partial charge >= 0.3 is 0 Å². The highest BCUT2D eigenvalue weighted by Crippen LogP contribution is 2.30. The number of fused-ring (bicyclic) bond motifs is 1. The Morgan fingerprint density at radius 3 is 2.77 bits per heavy atom. The summed E-state index contributed by atoms with van der Waals surface area (Å²) in [4.78, 5) is 12.3. The van der Waals surface area contributed by atoms with Crippen LogP contribution in [-0.2, 0) is 4.79 Å². The summed E-state index contributed by atoms with van der Waals surface area (Å²) < 4.78 is 5.58. The SMILES string of the molecule is Cc1ccc(NC(=O)C2=Cc3cc(Cl)ccc3OC2)c(Cl)c1. The number of amides is 1. The molecular formula is C17H13Cl2NO2. The fourth-order valence-corrected chi connectivity index (χ4v) is 2.67. The Balaban J connectivity index is 1.84. The van der Waals surface area contributed by atoms with Crippen molar-refractivity contribution in [2.24, 2.45) is 0 Å². The van der Waals surface area contributed by atoms with Crippen LogP contribution in [0, 0.1) is 6.92 Å². The molecule has 22 heavy (non-hydrogen) atoms. The summed E-state index contributed by atoms with van der Waals surface area (Å²) in [6, 6.07) is 10.8.